The first kappa shape index (κ1) is 12.2. The van der Waals surface area contributed by atoms with Gasteiger partial charge in [-0.3, -0.25) is 0 Å². The Hall–Kier alpha value is -0.220. The van der Waals surface area contributed by atoms with Crippen LogP contribution in [0.5, 0.6) is 0 Å². The van der Waals surface area contributed by atoms with Gasteiger partial charge in [0.2, 0.25) is 5.92 Å². The molecule has 1 unspecified atom stereocenters. The molecule has 0 amide bonds. The summed E-state index contributed by atoms with van der Waals surface area (Å²) in [5.41, 5.74) is 0. The van der Waals surface area contributed by atoms with Crippen LogP contribution in [0.2, 0.25) is 0 Å². The third-order valence-electron chi connectivity index (χ3n) is 4.04. The van der Waals surface area contributed by atoms with Crippen LogP contribution in [-0.2, 0) is 0 Å². The van der Waals surface area contributed by atoms with Gasteiger partial charge in [0.15, 0.2) is 0 Å². The molecule has 1 aliphatic carbocycles. The Morgan fingerprint density at radius 1 is 1.25 bits per heavy atom. The van der Waals surface area contributed by atoms with Gasteiger partial charge in [-0.2, -0.15) is 0 Å². The van der Waals surface area contributed by atoms with Gasteiger partial charge < -0.3 is 10.2 Å². The molecule has 1 heterocycles. The molecule has 0 aromatic heterocycles. The van der Waals surface area contributed by atoms with Crippen molar-refractivity contribution in [1.29, 1.82) is 0 Å². The third-order valence-corrected chi connectivity index (χ3v) is 4.04. The molecule has 2 fully saturated rings. The van der Waals surface area contributed by atoms with Gasteiger partial charge in [-0.05, 0) is 38.8 Å². The summed E-state index contributed by atoms with van der Waals surface area (Å²) in [5.74, 6) is -1.91. The lowest BCUT2D eigenvalue weighted by Gasteiger charge is -2.33. The van der Waals surface area contributed by atoms with E-state index in [1.54, 1.807) is 0 Å². The molecule has 16 heavy (non-hydrogen) atoms. The van der Waals surface area contributed by atoms with Crippen molar-refractivity contribution in [3.8, 4) is 0 Å². The molecule has 1 saturated heterocycles. The molecule has 0 bridgehead atoms. The minimum atomic E-state index is -2.38. The zero-order chi connectivity index (χ0) is 11.6. The zero-order valence-electron chi connectivity index (χ0n) is 10.0. The van der Waals surface area contributed by atoms with Crippen molar-refractivity contribution in [2.45, 2.75) is 44.1 Å². The molecule has 1 atom stereocenters. The van der Waals surface area contributed by atoms with E-state index in [0.717, 1.165) is 19.6 Å². The van der Waals surface area contributed by atoms with E-state index in [9.17, 15) is 8.78 Å². The van der Waals surface area contributed by atoms with Gasteiger partial charge in [-0.15, -0.1) is 0 Å². The smallest absolute Gasteiger partial charge is 0.248 e. The van der Waals surface area contributed by atoms with Crippen molar-refractivity contribution in [3.63, 3.8) is 0 Å². The second kappa shape index (κ2) is 4.96. The highest BCUT2D eigenvalue weighted by molar-refractivity contribution is 4.83. The van der Waals surface area contributed by atoms with Crippen LogP contribution in [-0.4, -0.2) is 43.5 Å². The predicted octanol–water partition coefficient (Wildman–Crippen LogP) is 2.11. The predicted molar refractivity (Wildman–Crippen MR) is 60.8 cm³/mol. The number of hydrogen-bond acceptors (Lipinski definition) is 2. The topological polar surface area (TPSA) is 15.3 Å². The van der Waals surface area contributed by atoms with E-state index in [1.807, 2.05) is 0 Å². The summed E-state index contributed by atoms with van der Waals surface area (Å²) >= 11 is 0. The average Bonchev–Trinajstić information content (AvgIpc) is 2.74. The van der Waals surface area contributed by atoms with Crippen LogP contribution in [0.3, 0.4) is 0 Å². The second-order valence-electron chi connectivity index (χ2n) is 5.39. The molecular formula is C12H22F2N2. The fraction of sp³-hybridized carbons (Fsp3) is 1.00. The summed E-state index contributed by atoms with van der Waals surface area (Å²) in [5, 5.41) is 3.34. The number of hydrogen-bond donors (Lipinski definition) is 1. The molecule has 94 valence electrons. The van der Waals surface area contributed by atoms with Crippen LogP contribution >= 0.6 is 0 Å². The summed E-state index contributed by atoms with van der Waals surface area (Å²) in [6.45, 7) is 3.14. The van der Waals surface area contributed by atoms with Crippen molar-refractivity contribution in [2.75, 3.05) is 26.7 Å². The maximum Gasteiger partial charge on any atom is 0.248 e. The Morgan fingerprint density at radius 2 is 1.94 bits per heavy atom. The third kappa shape index (κ3) is 3.14. The average molecular weight is 232 g/mol. The Kier molecular flexibility index (Phi) is 3.80. The number of rotatable bonds is 3. The second-order valence-corrected chi connectivity index (χ2v) is 5.39. The van der Waals surface area contributed by atoms with Crippen molar-refractivity contribution in [3.05, 3.63) is 0 Å². The summed E-state index contributed by atoms with van der Waals surface area (Å²) in [6, 6.07) is 0.613. The zero-order valence-corrected chi connectivity index (χ0v) is 10.0. The molecule has 1 N–H and O–H groups in total. The van der Waals surface area contributed by atoms with Crippen LogP contribution in [0, 0.1) is 5.92 Å². The van der Waals surface area contributed by atoms with Gasteiger partial charge in [0.25, 0.3) is 0 Å². The molecule has 1 aliphatic heterocycles. The van der Waals surface area contributed by atoms with Crippen LogP contribution in [0.4, 0.5) is 8.78 Å². The quantitative estimate of drug-likeness (QED) is 0.801. The van der Waals surface area contributed by atoms with Crippen LogP contribution in [0.25, 0.3) is 0 Å². The molecule has 4 heteroatoms. The van der Waals surface area contributed by atoms with E-state index in [1.165, 1.54) is 6.42 Å². The number of halogens is 2. The van der Waals surface area contributed by atoms with Gasteiger partial charge in [0, 0.05) is 32.0 Å². The molecule has 0 spiro atoms. The number of nitrogens with zero attached hydrogens (tertiary/aromatic N) is 1. The summed E-state index contributed by atoms with van der Waals surface area (Å²) in [7, 11) is 2.13. The highest BCUT2D eigenvalue weighted by atomic mass is 19.3. The first-order chi connectivity index (χ1) is 7.57. The Balaban J connectivity index is 1.73. The molecular weight excluding hydrogens is 210 g/mol. The first-order valence-corrected chi connectivity index (χ1v) is 6.36. The highest BCUT2D eigenvalue weighted by Gasteiger charge is 2.35. The van der Waals surface area contributed by atoms with Gasteiger partial charge in [-0.25, -0.2) is 8.78 Å². The molecule has 1 saturated carbocycles. The fourth-order valence-corrected chi connectivity index (χ4v) is 2.85. The van der Waals surface area contributed by atoms with Gasteiger partial charge in [-0.1, -0.05) is 0 Å². The molecule has 2 aliphatic rings. The number of alkyl halides is 2. The lowest BCUT2D eigenvalue weighted by molar-refractivity contribution is -0.0490. The number of likely N-dealkylation sites (N-methyl/N-ethyl adjacent to an activating group) is 1. The summed E-state index contributed by atoms with van der Waals surface area (Å²) < 4.78 is 26.0. The minimum Gasteiger partial charge on any atom is -0.315 e. The van der Waals surface area contributed by atoms with E-state index in [2.05, 4.69) is 17.3 Å². The van der Waals surface area contributed by atoms with Crippen molar-refractivity contribution in [1.82, 2.24) is 10.2 Å². The van der Waals surface area contributed by atoms with Gasteiger partial charge in [0.05, 0.1) is 0 Å². The van der Waals surface area contributed by atoms with Crippen molar-refractivity contribution in [2.24, 2.45) is 5.92 Å². The molecule has 0 aromatic carbocycles. The Morgan fingerprint density at radius 3 is 2.50 bits per heavy atom. The molecule has 2 rings (SSSR count). The van der Waals surface area contributed by atoms with Crippen molar-refractivity contribution >= 4 is 0 Å². The van der Waals surface area contributed by atoms with E-state index in [-0.39, 0.29) is 12.8 Å². The Bertz CT molecular complexity index is 217. The lowest BCUT2D eigenvalue weighted by Crippen LogP contribution is -2.39. The SMILES string of the molecule is CN(CC1CCC(F)(F)CC1)C1CCNC1. The fourth-order valence-electron chi connectivity index (χ4n) is 2.85. The highest BCUT2D eigenvalue weighted by Crippen LogP contribution is 2.36. The van der Waals surface area contributed by atoms with Gasteiger partial charge in [0.1, 0.15) is 0 Å². The molecule has 0 radical (unpaired) electrons. The van der Waals surface area contributed by atoms with Gasteiger partial charge >= 0.3 is 0 Å². The van der Waals surface area contributed by atoms with Crippen LogP contribution in [0.15, 0.2) is 0 Å². The van der Waals surface area contributed by atoms with Crippen LogP contribution in [0.1, 0.15) is 32.1 Å². The van der Waals surface area contributed by atoms with E-state index in [4.69, 9.17) is 0 Å². The maximum absolute atomic E-state index is 13.0. The lowest BCUT2D eigenvalue weighted by atomic mass is 9.86. The Labute approximate surface area is 96.4 Å². The van der Waals surface area contributed by atoms with Crippen molar-refractivity contribution < 1.29 is 8.78 Å². The van der Waals surface area contributed by atoms with E-state index >= 15 is 0 Å². The summed E-state index contributed by atoms with van der Waals surface area (Å²) in [4.78, 5) is 2.36. The molecule has 0 aromatic rings. The minimum absolute atomic E-state index is 0.0917. The normalized spacial score (nSPS) is 31.1. The molecule has 2 nitrogen and oxygen atoms in total. The standard InChI is InChI=1S/C12H22F2N2/c1-16(11-4-7-15-8-11)9-10-2-5-12(13,14)6-3-10/h10-11,15H,2-9H2,1H3. The maximum atomic E-state index is 13.0. The largest absolute Gasteiger partial charge is 0.315 e. The van der Waals surface area contributed by atoms with E-state index < -0.39 is 5.92 Å². The monoisotopic (exact) mass is 232 g/mol. The summed E-state index contributed by atoms with van der Waals surface area (Å²) in [6.07, 6.45) is 2.76. The van der Waals surface area contributed by atoms with Crippen LogP contribution < -0.4 is 5.32 Å². The van der Waals surface area contributed by atoms with E-state index in [0.29, 0.717) is 24.8 Å². The number of nitrogens with one attached hydrogen (secondary N) is 1. The first-order valence-electron chi connectivity index (χ1n) is 6.36.